The zero-order valence-corrected chi connectivity index (χ0v) is 18.7. The van der Waals surface area contributed by atoms with E-state index in [1.54, 1.807) is 20.8 Å². The van der Waals surface area contributed by atoms with Gasteiger partial charge in [0.1, 0.15) is 5.82 Å². The Balaban J connectivity index is 2.43. The molecule has 1 amide bonds. The SMILES string of the molecule is CCN(CC)S(=O)(=O)c1cc(NC(=O)c2cc(S(=O)(=O)NC)ccc2F)ccc1C. The first-order chi connectivity index (χ1) is 14.0. The Kier molecular flexibility index (Phi) is 7.35. The molecule has 2 N–H and O–H groups in total. The van der Waals surface area contributed by atoms with Gasteiger partial charge in [0, 0.05) is 18.8 Å². The Hall–Kier alpha value is -2.34. The van der Waals surface area contributed by atoms with Gasteiger partial charge in [-0.3, -0.25) is 4.79 Å². The molecule has 2 aromatic rings. The molecule has 0 aliphatic rings. The van der Waals surface area contributed by atoms with Crippen LogP contribution in [0.4, 0.5) is 10.1 Å². The lowest BCUT2D eigenvalue weighted by molar-refractivity contribution is 0.102. The van der Waals surface area contributed by atoms with Gasteiger partial charge in [0.15, 0.2) is 0 Å². The van der Waals surface area contributed by atoms with Crippen molar-refractivity contribution in [3.8, 4) is 0 Å². The molecular formula is C19H24FN3O5S2. The molecule has 0 spiro atoms. The van der Waals surface area contributed by atoms with Gasteiger partial charge >= 0.3 is 0 Å². The van der Waals surface area contributed by atoms with Crippen LogP contribution in [0.1, 0.15) is 29.8 Å². The van der Waals surface area contributed by atoms with E-state index >= 15 is 0 Å². The van der Waals surface area contributed by atoms with Crippen LogP contribution in [0.25, 0.3) is 0 Å². The van der Waals surface area contributed by atoms with Crippen molar-refractivity contribution < 1.29 is 26.0 Å². The topological polar surface area (TPSA) is 113 Å². The van der Waals surface area contributed by atoms with E-state index in [1.807, 2.05) is 0 Å². The number of sulfonamides is 2. The summed E-state index contributed by atoms with van der Waals surface area (Å²) in [5.74, 6) is -1.82. The Bertz CT molecular complexity index is 1160. The summed E-state index contributed by atoms with van der Waals surface area (Å²) in [5, 5.41) is 2.43. The van der Waals surface area contributed by atoms with Gasteiger partial charge in [-0.25, -0.2) is 25.9 Å². The summed E-state index contributed by atoms with van der Waals surface area (Å²) in [6, 6.07) is 7.15. The maximum Gasteiger partial charge on any atom is 0.258 e. The number of carbonyl (C=O) groups excluding carboxylic acids is 1. The van der Waals surface area contributed by atoms with Crippen LogP contribution >= 0.6 is 0 Å². The molecule has 0 aliphatic heterocycles. The van der Waals surface area contributed by atoms with Gasteiger partial charge in [-0.05, 0) is 49.9 Å². The zero-order valence-electron chi connectivity index (χ0n) is 17.1. The normalized spacial score (nSPS) is 12.2. The van der Waals surface area contributed by atoms with E-state index in [4.69, 9.17) is 0 Å². The molecule has 0 saturated carbocycles. The fourth-order valence-corrected chi connectivity index (χ4v) is 5.28. The van der Waals surface area contributed by atoms with Gasteiger partial charge < -0.3 is 5.32 Å². The smallest absolute Gasteiger partial charge is 0.258 e. The van der Waals surface area contributed by atoms with Crippen molar-refractivity contribution >= 4 is 31.6 Å². The van der Waals surface area contributed by atoms with E-state index in [0.717, 1.165) is 18.2 Å². The summed E-state index contributed by atoms with van der Waals surface area (Å²) in [4.78, 5) is 12.3. The number of hydrogen-bond donors (Lipinski definition) is 2. The summed E-state index contributed by atoms with van der Waals surface area (Å²) < 4.78 is 67.1. The van der Waals surface area contributed by atoms with Crippen LogP contribution in [-0.2, 0) is 20.0 Å². The molecule has 0 aromatic heterocycles. The summed E-state index contributed by atoms with van der Waals surface area (Å²) >= 11 is 0. The Morgan fingerprint density at radius 1 is 1.03 bits per heavy atom. The van der Waals surface area contributed by atoms with Crippen molar-refractivity contribution in [2.75, 3.05) is 25.5 Å². The molecule has 2 aromatic carbocycles. The van der Waals surface area contributed by atoms with Gasteiger partial charge in [0.25, 0.3) is 5.91 Å². The molecule has 30 heavy (non-hydrogen) atoms. The third-order valence-corrected chi connectivity index (χ3v) is 8.13. The van der Waals surface area contributed by atoms with E-state index in [-0.39, 0.29) is 28.6 Å². The number of benzene rings is 2. The van der Waals surface area contributed by atoms with Gasteiger partial charge in [0.2, 0.25) is 20.0 Å². The molecule has 0 heterocycles. The summed E-state index contributed by atoms with van der Waals surface area (Å²) in [6.45, 7) is 5.64. The number of nitrogens with zero attached hydrogens (tertiary/aromatic N) is 1. The Morgan fingerprint density at radius 3 is 2.23 bits per heavy atom. The summed E-state index contributed by atoms with van der Waals surface area (Å²) in [5.41, 5.74) is 0.144. The minimum Gasteiger partial charge on any atom is -0.322 e. The predicted molar refractivity (Wildman–Crippen MR) is 112 cm³/mol. The number of amides is 1. The first-order valence-electron chi connectivity index (χ1n) is 9.13. The third kappa shape index (κ3) is 4.86. The van der Waals surface area contributed by atoms with Crippen molar-refractivity contribution in [1.29, 1.82) is 0 Å². The molecule has 8 nitrogen and oxygen atoms in total. The number of hydrogen-bond acceptors (Lipinski definition) is 5. The molecule has 0 bridgehead atoms. The van der Waals surface area contributed by atoms with E-state index in [0.29, 0.717) is 5.56 Å². The fourth-order valence-electron chi connectivity index (χ4n) is 2.82. The largest absolute Gasteiger partial charge is 0.322 e. The molecule has 0 atom stereocenters. The molecule has 2 rings (SSSR count). The lowest BCUT2D eigenvalue weighted by Gasteiger charge is -2.20. The van der Waals surface area contributed by atoms with E-state index < -0.39 is 37.3 Å². The molecule has 11 heteroatoms. The molecular weight excluding hydrogens is 433 g/mol. The van der Waals surface area contributed by atoms with Crippen LogP contribution in [0, 0.1) is 12.7 Å². The quantitative estimate of drug-likeness (QED) is 0.632. The van der Waals surface area contributed by atoms with Crippen LogP contribution in [0.15, 0.2) is 46.2 Å². The van der Waals surface area contributed by atoms with Crippen LogP contribution in [0.5, 0.6) is 0 Å². The van der Waals surface area contributed by atoms with Crippen LogP contribution in [0.2, 0.25) is 0 Å². The fraction of sp³-hybridized carbons (Fsp3) is 0.316. The molecule has 0 radical (unpaired) electrons. The van der Waals surface area contributed by atoms with Crippen molar-refractivity contribution in [2.45, 2.75) is 30.6 Å². The van der Waals surface area contributed by atoms with Crippen LogP contribution < -0.4 is 10.0 Å². The second kappa shape index (κ2) is 9.21. The van der Waals surface area contributed by atoms with Crippen LogP contribution in [0.3, 0.4) is 0 Å². The van der Waals surface area contributed by atoms with Crippen molar-refractivity contribution in [3.05, 3.63) is 53.3 Å². The monoisotopic (exact) mass is 457 g/mol. The van der Waals surface area contributed by atoms with Gasteiger partial charge in [-0.2, -0.15) is 4.31 Å². The highest BCUT2D eigenvalue weighted by atomic mass is 32.2. The maximum atomic E-state index is 14.2. The van der Waals surface area contributed by atoms with E-state index in [9.17, 15) is 26.0 Å². The average Bonchev–Trinajstić information content (AvgIpc) is 2.70. The minimum absolute atomic E-state index is 0.0241. The number of aryl methyl sites for hydroxylation is 1. The predicted octanol–water partition coefficient (Wildman–Crippen LogP) is 2.33. The number of rotatable bonds is 8. The standard InChI is InChI=1S/C19H24FN3O5S2/c1-5-23(6-2)30(27,28)18-11-14(8-7-13(18)3)22-19(24)16-12-15(9-10-17(16)20)29(25,26)21-4/h7-12,21H,5-6H2,1-4H3,(H,22,24). The number of nitrogens with one attached hydrogen (secondary N) is 2. The molecule has 164 valence electrons. The first kappa shape index (κ1) is 23.9. The first-order valence-corrected chi connectivity index (χ1v) is 12.1. The minimum atomic E-state index is -3.87. The number of anilines is 1. The highest BCUT2D eigenvalue weighted by Crippen LogP contribution is 2.24. The third-order valence-electron chi connectivity index (χ3n) is 4.53. The van der Waals surface area contributed by atoms with Gasteiger partial charge in [-0.1, -0.05) is 19.9 Å². The highest BCUT2D eigenvalue weighted by Gasteiger charge is 2.24. The Morgan fingerprint density at radius 2 is 1.67 bits per heavy atom. The highest BCUT2D eigenvalue weighted by molar-refractivity contribution is 7.89. The van der Waals surface area contributed by atoms with Crippen molar-refractivity contribution in [3.63, 3.8) is 0 Å². The summed E-state index contributed by atoms with van der Waals surface area (Å²) in [6.07, 6.45) is 0. The Labute approximate surface area is 176 Å². The molecule has 0 unspecified atom stereocenters. The number of carbonyl (C=O) groups is 1. The number of halogens is 1. The second-order valence-corrected chi connectivity index (χ2v) is 10.2. The van der Waals surface area contributed by atoms with Crippen molar-refractivity contribution in [2.24, 2.45) is 0 Å². The van der Waals surface area contributed by atoms with E-state index in [2.05, 4.69) is 10.0 Å². The van der Waals surface area contributed by atoms with E-state index in [1.165, 1.54) is 29.6 Å². The van der Waals surface area contributed by atoms with Gasteiger partial charge in [-0.15, -0.1) is 0 Å². The van der Waals surface area contributed by atoms with Crippen LogP contribution in [-0.4, -0.2) is 47.2 Å². The van der Waals surface area contributed by atoms with Crippen molar-refractivity contribution in [1.82, 2.24) is 9.03 Å². The zero-order chi connectivity index (χ0) is 22.7. The lowest BCUT2D eigenvalue weighted by atomic mass is 10.2. The van der Waals surface area contributed by atoms with Gasteiger partial charge in [0.05, 0.1) is 15.4 Å². The molecule has 0 saturated heterocycles. The lowest BCUT2D eigenvalue weighted by Crippen LogP contribution is -2.31. The second-order valence-electron chi connectivity index (χ2n) is 6.37. The molecule has 0 aliphatic carbocycles. The average molecular weight is 458 g/mol. The summed E-state index contributed by atoms with van der Waals surface area (Å²) in [7, 11) is -6.45. The molecule has 0 fully saturated rings. The maximum absolute atomic E-state index is 14.2.